The molecule has 0 aromatic heterocycles. The van der Waals surface area contributed by atoms with Gasteiger partial charge in [-0.1, -0.05) is 18.2 Å². The van der Waals surface area contributed by atoms with Gasteiger partial charge in [-0.3, -0.25) is 9.59 Å². The van der Waals surface area contributed by atoms with Gasteiger partial charge >= 0.3 is 11.9 Å². The molecule has 3 unspecified atom stereocenters. The van der Waals surface area contributed by atoms with Gasteiger partial charge in [-0.05, 0) is 18.6 Å². The van der Waals surface area contributed by atoms with Crippen LogP contribution in [0.25, 0.3) is 0 Å². The van der Waals surface area contributed by atoms with Gasteiger partial charge in [0.15, 0.2) is 5.54 Å². The maximum Gasteiger partial charge on any atom is 0.327 e. The maximum absolute atomic E-state index is 11.3. The zero-order valence-corrected chi connectivity index (χ0v) is 10.2. The number of para-hydroxylation sites is 1. The number of hydrogen-bond acceptors (Lipinski definition) is 4. The molecule has 0 radical (unpaired) electrons. The molecule has 1 saturated carbocycles. The van der Waals surface area contributed by atoms with Gasteiger partial charge in [0.25, 0.3) is 0 Å². The van der Waals surface area contributed by atoms with Gasteiger partial charge in [-0.15, -0.1) is 0 Å². The van der Waals surface area contributed by atoms with Crippen molar-refractivity contribution >= 4 is 11.9 Å². The van der Waals surface area contributed by atoms with Crippen molar-refractivity contribution in [2.24, 2.45) is 17.6 Å². The zero-order chi connectivity index (χ0) is 14.0. The molecule has 3 atom stereocenters. The monoisotopic (exact) mass is 265 g/mol. The van der Waals surface area contributed by atoms with Crippen LogP contribution in [0.2, 0.25) is 0 Å². The van der Waals surface area contributed by atoms with Gasteiger partial charge in [-0.2, -0.15) is 0 Å². The van der Waals surface area contributed by atoms with Crippen molar-refractivity contribution in [1.82, 2.24) is 0 Å². The van der Waals surface area contributed by atoms with E-state index in [2.05, 4.69) is 0 Å². The Hall–Kier alpha value is -2.08. The molecule has 2 rings (SSSR count). The van der Waals surface area contributed by atoms with Crippen molar-refractivity contribution in [3.05, 3.63) is 30.3 Å². The van der Waals surface area contributed by atoms with E-state index < -0.39 is 29.3 Å². The summed E-state index contributed by atoms with van der Waals surface area (Å²) < 4.78 is 5.36. The average molecular weight is 265 g/mol. The molecule has 1 aromatic rings. The normalized spacial score (nSPS) is 24.3. The van der Waals surface area contributed by atoms with Crippen LogP contribution < -0.4 is 10.5 Å². The summed E-state index contributed by atoms with van der Waals surface area (Å²) in [7, 11) is 0. The predicted octanol–water partition coefficient (Wildman–Crippen LogP) is 0.568. The largest absolute Gasteiger partial charge is 0.491 e. The molecule has 0 heterocycles. The van der Waals surface area contributed by atoms with E-state index in [9.17, 15) is 14.7 Å². The average Bonchev–Trinajstić information content (AvgIpc) is 3.17. The Morgan fingerprint density at radius 2 is 1.95 bits per heavy atom. The number of carboxylic acid groups (broad SMARTS) is 2. The molecule has 0 spiro atoms. The quantitative estimate of drug-likeness (QED) is 0.693. The Balaban J connectivity index is 2.05. The fourth-order valence-electron chi connectivity index (χ4n) is 2.08. The molecule has 0 saturated heterocycles. The van der Waals surface area contributed by atoms with Crippen LogP contribution in [0, 0.1) is 11.8 Å². The molecule has 19 heavy (non-hydrogen) atoms. The lowest BCUT2D eigenvalue weighted by Crippen LogP contribution is -2.55. The summed E-state index contributed by atoms with van der Waals surface area (Å²) in [5, 5.41) is 18.1. The smallest absolute Gasteiger partial charge is 0.327 e. The Morgan fingerprint density at radius 3 is 2.42 bits per heavy atom. The van der Waals surface area contributed by atoms with Crippen LogP contribution in [0.15, 0.2) is 30.3 Å². The molecule has 1 aliphatic rings. The van der Waals surface area contributed by atoms with E-state index in [0.717, 1.165) is 0 Å². The van der Waals surface area contributed by atoms with Crippen LogP contribution in [0.5, 0.6) is 5.75 Å². The summed E-state index contributed by atoms with van der Waals surface area (Å²) >= 11 is 0. The van der Waals surface area contributed by atoms with Crippen molar-refractivity contribution in [3.8, 4) is 5.75 Å². The molecular weight excluding hydrogens is 250 g/mol. The van der Waals surface area contributed by atoms with Crippen LogP contribution in [-0.2, 0) is 9.59 Å². The van der Waals surface area contributed by atoms with Crippen molar-refractivity contribution < 1.29 is 24.5 Å². The lowest BCUT2D eigenvalue weighted by molar-refractivity contribution is -0.146. The number of benzene rings is 1. The molecule has 102 valence electrons. The summed E-state index contributed by atoms with van der Waals surface area (Å²) in [5.41, 5.74) is 4.17. The zero-order valence-electron chi connectivity index (χ0n) is 10.2. The fraction of sp³-hybridized carbons (Fsp3) is 0.385. The van der Waals surface area contributed by atoms with Gasteiger partial charge in [0.05, 0.1) is 5.92 Å². The third-order valence-corrected chi connectivity index (χ3v) is 3.39. The number of carbonyl (C=O) groups is 2. The highest BCUT2D eigenvalue weighted by Crippen LogP contribution is 2.45. The Kier molecular flexibility index (Phi) is 3.44. The summed E-state index contributed by atoms with van der Waals surface area (Å²) in [6.07, 6.45) is 0.274. The van der Waals surface area contributed by atoms with E-state index in [1.807, 2.05) is 0 Å². The number of rotatable bonds is 6. The van der Waals surface area contributed by atoms with Crippen LogP contribution in [0.3, 0.4) is 0 Å². The Bertz CT molecular complexity index is 489. The van der Waals surface area contributed by atoms with Gasteiger partial charge < -0.3 is 20.7 Å². The van der Waals surface area contributed by atoms with Crippen LogP contribution in [-0.4, -0.2) is 34.3 Å². The molecule has 4 N–H and O–H groups in total. The number of ether oxygens (including phenoxy) is 1. The number of hydrogen-bond donors (Lipinski definition) is 3. The Labute approximate surface area is 109 Å². The van der Waals surface area contributed by atoms with E-state index in [-0.39, 0.29) is 13.0 Å². The lowest BCUT2D eigenvalue weighted by atomic mass is 9.94. The minimum Gasteiger partial charge on any atom is -0.491 e. The first kappa shape index (κ1) is 13.4. The summed E-state index contributed by atoms with van der Waals surface area (Å²) in [6.45, 7) is -0.249. The molecule has 0 bridgehead atoms. The van der Waals surface area contributed by atoms with E-state index in [1.165, 1.54) is 0 Å². The Morgan fingerprint density at radius 1 is 1.32 bits per heavy atom. The first-order valence-electron chi connectivity index (χ1n) is 5.88. The molecular formula is C13H15NO5. The van der Waals surface area contributed by atoms with Crippen LogP contribution >= 0.6 is 0 Å². The minimum atomic E-state index is -1.67. The molecule has 1 aromatic carbocycles. The van der Waals surface area contributed by atoms with E-state index in [4.69, 9.17) is 15.6 Å². The molecule has 1 fully saturated rings. The third kappa shape index (κ3) is 2.68. The van der Waals surface area contributed by atoms with Gasteiger partial charge in [-0.25, -0.2) is 0 Å². The van der Waals surface area contributed by atoms with E-state index in [1.54, 1.807) is 30.3 Å². The van der Waals surface area contributed by atoms with Crippen molar-refractivity contribution in [3.63, 3.8) is 0 Å². The van der Waals surface area contributed by atoms with Gasteiger partial charge in [0, 0.05) is 5.92 Å². The summed E-state index contributed by atoms with van der Waals surface area (Å²) in [4.78, 5) is 22.1. The molecule has 1 aliphatic carbocycles. The van der Waals surface area contributed by atoms with Crippen LogP contribution in [0.4, 0.5) is 0 Å². The number of aliphatic carboxylic acids is 2. The lowest BCUT2D eigenvalue weighted by Gasteiger charge is -2.24. The highest BCUT2D eigenvalue weighted by Gasteiger charge is 2.59. The van der Waals surface area contributed by atoms with E-state index >= 15 is 0 Å². The SMILES string of the molecule is NC(COc1ccccc1)(C(=O)O)C1CC1C(=O)O. The number of carboxylic acids is 2. The highest BCUT2D eigenvalue weighted by molar-refractivity contribution is 5.83. The fourth-order valence-corrected chi connectivity index (χ4v) is 2.08. The first-order valence-corrected chi connectivity index (χ1v) is 5.88. The second-order valence-corrected chi connectivity index (χ2v) is 4.73. The van der Waals surface area contributed by atoms with Crippen molar-refractivity contribution in [1.29, 1.82) is 0 Å². The molecule has 6 nitrogen and oxygen atoms in total. The molecule has 0 aliphatic heterocycles. The van der Waals surface area contributed by atoms with E-state index in [0.29, 0.717) is 5.75 Å². The van der Waals surface area contributed by atoms with Crippen molar-refractivity contribution in [2.75, 3.05) is 6.61 Å². The van der Waals surface area contributed by atoms with Gasteiger partial charge in [0.1, 0.15) is 12.4 Å². The topological polar surface area (TPSA) is 110 Å². The van der Waals surface area contributed by atoms with Gasteiger partial charge in [0.2, 0.25) is 0 Å². The summed E-state index contributed by atoms with van der Waals surface area (Å²) in [5.74, 6) is -3.03. The summed E-state index contributed by atoms with van der Waals surface area (Å²) in [6, 6.07) is 8.69. The maximum atomic E-state index is 11.3. The standard InChI is InChI=1S/C13H15NO5/c14-13(12(17)18,10-6-9(10)11(15)16)7-19-8-4-2-1-3-5-8/h1-5,9-10H,6-7,14H2,(H,15,16)(H,17,18). The third-order valence-electron chi connectivity index (χ3n) is 3.39. The predicted molar refractivity (Wildman–Crippen MR) is 65.7 cm³/mol. The minimum absolute atomic E-state index is 0.249. The number of nitrogens with two attached hydrogens (primary N) is 1. The second-order valence-electron chi connectivity index (χ2n) is 4.73. The molecule has 6 heteroatoms. The second kappa shape index (κ2) is 4.89. The van der Waals surface area contributed by atoms with Crippen LogP contribution in [0.1, 0.15) is 6.42 Å². The van der Waals surface area contributed by atoms with Crippen molar-refractivity contribution in [2.45, 2.75) is 12.0 Å². The molecule has 0 amide bonds. The first-order chi connectivity index (χ1) is 8.95. The highest BCUT2D eigenvalue weighted by atomic mass is 16.5.